The third kappa shape index (κ3) is 1.75. The van der Waals surface area contributed by atoms with Gasteiger partial charge in [0.15, 0.2) is 0 Å². The summed E-state index contributed by atoms with van der Waals surface area (Å²) >= 11 is 0. The molecule has 70 valence electrons. The largest absolute Gasteiger partial charge is 0.469 e. The maximum Gasteiger partial charge on any atom is 0.311 e. The van der Waals surface area contributed by atoms with Crippen LogP contribution >= 0.6 is 0 Å². The van der Waals surface area contributed by atoms with Gasteiger partial charge in [-0.25, -0.2) is 12.7 Å². The zero-order valence-corrected chi connectivity index (χ0v) is 7.80. The molecule has 0 spiro atoms. The van der Waals surface area contributed by atoms with Crippen molar-refractivity contribution in [3.8, 4) is 0 Å². The van der Waals surface area contributed by atoms with E-state index in [2.05, 4.69) is 4.74 Å². The Morgan fingerprint density at radius 1 is 1.50 bits per heavy atom. The van der Waals surface area contributed by atoms with Gasteiger partial charge in [0.25, 0.3) is 0 Å². The van der Waals surface area contributed by atoms with Gasteiger partial charge in [0.05, 0.1) is 19.3 Å². The van der Waals surface area contributed by atoms with Crippen molar-refractivity contribution in [3.63, 3.8) is 0 Å². The molecule has 1 fully saturated rings. The number of hydrogen-bond donors (Lipinski definition) is 0. The average Bonchev–Trinajstić information content (AvgIpc) is 1.80. The fourth-order valence-corrected chi connectivity index (χ4v) is 1.93. The monoisotopic (exact) mass is 193 g/mol. The number of esters is 1. The normalized spacial score (nSPS) is 20.2. The number of methoxy groups -OCH3 is 1. The minimum Gasteiger partial charge on any atom is -0.469 e. The van der Waals surface area contributed by atoms with Crippen molar-refractivity contribution >= 4 is 16.0 Å². The minimum atomic E-state index is -3.12. The minimum absolute atomic E-state index is 0.255. The van der Waals surface area contributed by atoms with E-state index in [1.165, 1.54) is 11.4 Å². The van der Waals surface area contributed by atoms with Gasteiger partial charge in [-0.3, -0.25) is 4.79 Å². The molecule has 0 bridgehead atoms. The number of ether oxygens (including phenoxy) is 1. The van der Waals surface area contributed by atoms with Crippen LogP contribution in [0.25, 0.3) is 0 Å². The SMILES string of the molecule is COC(=O)C1CN(S(C)(=O)=O)C1. The first-order valence-electron chi connectivity index (χ1n) is 3.48. The van der Waals surface area contributed by atoms with E-state index in [0.717, 1.165) is 6.26 Å². The maximum atomic E-state index is 10.8. The lowest BCUT2D eigenvalue weighted by Gasteiger charge is -2.34. The van der Waals surface area contributed by atoms with Crippen LogP contribution in [0, 0.1) is 5.92 Å². The average molecular weight is 193 g/mol. The van der Waals surface area contributed by atoms with Crippen molar-refractivity contribution < 1.29 is 17.9 Å². The third-order valence-electron chi connectivity index (χ3n) is 1.85. The van der Waals surface area contributed by atoms with Crippen LogP contribution in [-0.2, 0) is 19.6 Å². The summed E-state index contributed by atoms with van der Waals surface area (Å²) in [5.74, 6) is -0.611. The molecule has 6 heteroatoms. The van der Waals surface area contributed by atoms with Crippen molar-refractivity contribution in [2.75, 3.05) is 26.5 Å². The first-order chi connectivity index (χ1) is 5.45. The van der Waals surface area contributed by atoms with Gasteiger partial charge in [0.1, 0.15) is 0 Å². The second-order valence-electron chi connectivity index (χ2n) is 2.80. The van der Waals surface area contributed by atoms with E-state index in [1.807, 2.05) is 0 Å². The Morgan fingerprint density at radius 2 is 2.00 bits per heavy atom. The highest BCUT2D eigenvalue weighted by atomic mass is 32.2. The van der Waals surface area contributed by atoms with Gasteiger partial charge < -0.3 is 4.74 Å². The first-order valence-corrected chi connectivity index (χ1v) is 5.33. The summed E-state index contributed by atoms with van der Waals surface area (Å²) < 4.78 is 27.4. The smallest absolute Gasteiger partial charge is 0.311 e. The lowest BCUT2D eigenvalue weighted by Crippen LogP contribution is -2.52. The van der Waals surface area contributed by atoms with E-state index in [9.17, 15) is 13.2 Å². The van der Waals surface area contributed by atoms with Gasteiger partial charge in [0, 0.05) is 13.1 Å². The van der Waals surface area contributed by atoms with Crippen molar-refractivity contribution in [1.82, 2.24) is 4.31 Å². The molecule has 0 N–H and O–H groups in total. The molecule has 0 radical (unpaired) electrons. The summed E-state index contributed by atoms with van der Waals surface area (Å²) in [4.78, 5) is 10.8. The van der Waals surface area contributed by atoms with Crippen LogP contribution in [0.5, 0.6) is 0 Å². The predicted octanol–water partition coefficient (Wildman–Crippen LogP) is -0.949. The topological polar surface area (TPSA) is 63.7 Å². The molecule has 1 rings (SSSR count). The van der Waals surface area contributed by atoms with E-state index in [1.54, 1.807) is 0 Å². The van der Waals surface area contributed by atoms with Crippen LogP contribution in [0.2, 0.25) is 0 Å². The van der Waals surface area contributed by atoms with Gasteiger partial charge in [-0.15, -0.1) is 0 Å². The molecule has 0 aromatic carbocycles. The molecular weight excluding hydrogens is 182 g/mol. The van der Waals surface area contributed by atoms with Crippen molar-refractivity contribution in [2.45, 2.75) is 0 Å². The number of hydrogen-bond acceptors (Lipinski definition) is 4. The maximum absolute atomic E-state index is 10.8. The van der Waals surface area contributed by atoms with Crippen molar-refractivity contribution in [3.05, 3.63) is 0 Å². The van der Waals surface area contributed by atoms with Gasteiger partial charge in [0.2, 0.25) is 10.0 Å². The van der Waals surface area contributed by atoms with E-state index in [0.29, 0.717) is 0 Å². The van der Waals surface area contributed by atoms with Crippen LogP contribution < -0.4 is 0 Å². The summed E-state index contributed by atoms with van der Waals surface area (Å²) in [7, 11) is -1.82. The Labute approximate surface area is 71.4 Å². The van der Waals surface area contributed by atoms with E-state index in [4.69, 9.17) is 0 Å². The Balaban J connectivity index is 2.44. The lowest BCUT2D eigenvalue weighted by molar-refractivity contribution is -0.149. The predicted molar refractivity (Wildman–Crippen MR) is 41.9 cm³/mol. The molecule has 1 heterocycles. The van der Waals surface area contributed by atoms with Crippen LogP contribution in [0.3, 0.4) is 0 Å². The number of rotatable bonds is 2. The fraction of sp³-hybridized carbons (Fsp3) is 0.833. The Morgan fingerprint density at radius 3 is 2.33 bits per heavy atom. The zero-order valence-electron chi connectivity index (χ0n) is 6.98. The standard InChI is InChI=1S/C6H11NO4S/c1-11-6(8)5-3-7(4-5)12(2,9)10/h5H,3-4H2,1-2H3. The number of sulfonamides is 1. The van der Waals surface area contributed by atoms with E-state index >= 15 is 0 Å². The van der Waals surface area contributed by atoms with Gasteiger partial charge in [-0.1, -0.05) is 0 Å². The van der Waals surface area contributed by atoms with Gasteiger partial charge in [-0.05, 0) is 0 Å². The second kappa shape index (κ2) is 3.02. The Bertz CT molecular complexity index is 278. The molecule has 12 heavy (non-hydrogen) atoms. The summed E-state index contributed by atoms with van der Waals surface area (Å²) in [6, 6.07) is 0. The van der Waals surface area contributed by atoms with Crippen LogP contribution in [0.4, 0.5) is 0 Å². The third-order valence-corrected chi connectivity index (χ3v) is 3.09. The highest BCUT2D eigenvalue weighted by Crippen LogP contribution is 2.19. The van der Waals surface area contributed by atoms with Crippen LogP contribution in [0.15, 0.2) is 0 Å². The fourth-order valence-electron chi connectivity index (χ4n) is 1.02. The lowest BCUT2D eigenvalue weighted by atomic mass is 10.0. The van der Waals surface area contributed by atoms with Crippen molar-refractivity contribution in [2.24, 2.45) is 5.92 Å². The van der Waals surface area contributed by atoms with E-state index in [-0.39, 0.29) is 25.0 Å². The van der Waals surface area contributed by atoms with Crippen LogP contribution in [-0.4, -0.2) is 45.1 Å². The molecule has 1 aliphatic rings. The molecule has 0 unspecified atom stereocenters. The number of carbonyl (C=O) groups excluding carboxylic acids is 1. The molecule has 1 saturated heterocycles. The molecule has 0 aromatic heterocycles. The highest BCUT2D eigenvalue weighted by molar-refractivity contribution is 7.88. The quantitative estimate of drug-likeness (QED) is 0.530. The molecular formula is C6H11NO4S. The van der Waals surface area contributed by atoms with Gasteiger partial charge in [-0.2, -0.15) is 0 Å². The summed E-state index contributed by atoms with van der Waals surface area (Å²) in [5, 5.41) is 0. The molecule has 5 nitrogen and oxygen atoms in total. The molecule has 0 aromatic rings. The van der Waals surface area contributed by atoms with Gasteiger partial charge >= 0.3 is 5.97 Å². The van der Waals surface area contributed by atoms with Crippen LogP contribution in [0.1, 0.15) is 0 Å². The molecule has 0 amide bonds. The summed E-state index contributed by atoms with van der Waals surface area (Å²) in [5.41, 5.74) is 0. The van der Waals surface area contributed by atoms with E-state index < -0.39 is 10.0 Å². The summed E-state index contributed by atoms with van der Waals surface area (Å²) in [6.07, 6.45) is 1.13. The Kier molecular flexibility index (Phi) is 2.39. The second-order valence-corrected chi connectivity index (χ2v) is 4.78. The number of nitrogens with zero attached hydrogens (tertiary/aromatic N) is 1. The zero-order chi connectivity index (χ0) is 9.35. The Hall–Kier alpha value is -0.620. The van der Waals surface area contributed by atoms with Crippen molar-refractivity contribution in [1.29, 1.82) is 0 Å². The number of carbonyl (C=O) groups is 1. The molecule has 0 aliphatic carbocycles. The molecule has 1 aliphatic heterocycles. The highest BCUT2D eigenvalue weighted by Gasteiger charge is 2.38. The molecule has 0 saturated carbocycles. The molecule has 0 atom stereocenters. The summed E-state index contributed by atoms with van der Waals surface area (Å²) in [6.45, 7) is 0.511. The first kappa shape index (κ1) is 9.47.